The van der Waals surface area contributed by atoms with E-state index in [1.54, 1.807) is 17.7 Å². The van der Waals surface area contributed by atoms with E-state index in [1.807, 2.05) is 0 Å². The number of hydrogen-bond acceptors (Lipinski definition) is 8. The molecule has 0 bridgehead atoms. The normalized spacial score (nSPS) is 27.8. The average Bonchev–Trinajstić information content (AvgIpc) is 3.35. The molecular weight excluding hydrogens is 416 g/mol. The number of amides is 1. The lowest BCUT2D eigenvalue weighted by molar-refractivity contribution is -0.126. The molecule has 1 amide bonds. The van der Waals surface area contributed by atoms with Gasteiger partial charge >= 0.3 is 0 Å². The van der Waals surface area contributed by atoms with Gasteiger partial charge in [-0.05, 0) is 56.4 Å². The highest BCUT2D eigenvalue weighted by molar-refractivity contribution is 7.19. The van der Waals surface area contributed by atoms with Crippen molar-refractivity contribution >= 4 is 27.5 Å². The first-order chi connectivity index (χ1) is 15.1. The molecule has 1 saturated carbocycles. The lowest BCUT2D eigenvalue weighted by atomic mass is 9.91. The summed E-state index contributed by atoms with van der Waals surface area (Å²) in [5.41, 5.74) is 6.45. The maximum Gasteiger partial charge on any atom is 0.246 e. The average molecular weight is 447 g/mol. The second kappa shape index (κ2) is 8.97. The van der Waals surface area contributed by atoms with Gasteiger partial charge in [0.05, 0.1) is 18.6 Å². The number of aromatic nitrogens is 2. The van der Waals surface area contributed by atoms with Crippen LogP contribution in [0.25, 0.3) is 10.2 Å². The molecule has 0 spiro atoms. The first-order valence-corrected chi connectivity index (χ1v) is 12.1. The summed E-state index contributed by atoms with van der Waals surface area (Å²) in [6.45, 7) is 3.74. The van der Waals surface area contributed by atoms with Crippen LogP contribution in [0.4, 0.5) is 0 Å². The minimum atomic E-state index is -1.13. The van der Waals surface area contributed by atoms with Gasteiger partial charge in [0.1, 0.15) is 23.4 Å². The van der Waals surface area contributed by atoms with Crippen LogP contribution in [0.1, 0.15) is 54.9 Å². The molecule has 2 fully saturated rings. The van der Waals surface area contributed by atoms with Crippen LogP contribution in [0.2, 0.25) is 0 Å². The summed E-state index contributed by atoms with van der Waals surface area (Å²) in [6, 6.07) is 0.624. The number of aliphatic hydroxyl groups is 1. The van der Waals surface area contributed by atoms with E-state index in [0.717, 1.165) is 80.6 Å². The summed E-state index contributed by atoms with van der Waals surface area (Å²) < 4.78 is 11.9. The fourth-order valence-corrected chi connectivity index (χ4v) is 6.61. The molecule has 3 N–H and O–H groups in total. The Labute approximate surface area is 185 Å². The number of hydrogen-bond donors (Lipinski definition) is 2. The molecule has 3 aliphatic rings. The van der Waals surface area contributed by atoms with E-state index >= 15 is 0 Å². The van der Waals surface area contributed by atoms with Gasteiger partial charge in [0.15, 0.2) is 0 Å². The quantitative estimate of drug-likeness (QED) is 0.698. The Morgan fingerprint density at radius 2 is 2.03 bits per heavy atom. The van der Waals surface area contributed by atoms with Crippen molar-refractivity contribution in [1.29, 1.82) is 0 Å². The molecule has 9 heteroatoms. The number of ether oxygens (including phenoxy) is 2. The summed E-state index contributed by atoms with van der Waals surface area (Å²) in [5, 5.41) is 11.0. The van der Waals surface area contributed by atoms with Crippen molar-refractivity contribution in [2.75, 3.05) is 26.3 Å². The van der Waals surface area contributed by atoms with Gasteiger partial charge in [0.2, 0.25) is 11.8 Å². The van der Waals surface area contributed by atoms with E-state index < -0.39 is 12.0 Å². The third-order valence-electron chi connectivity index (χ3n) is 7.02. The highest BCUT2D eigenvalue weighted by atomic mass is 32.1. The first-order valence-electron chi connectivity index (χ1n) is 11.3. The number of fused-ring (bicyclic) bond motifs is 3. The monoisotopic (exact) mass is 446 g/mol. The number of nitrogens with zero attached hydrogens (tertiary/aromatic N) is 3. The fourth-order valence-electron chi connectivity index (χ4n) is 5.38. The van der Waals surface area contributed by atoms with Gasteiger partial charge in [-0.3, -0.25) is 9.69 Å². The van der Waals surface area contributed by atoms with E-state index in [1.165, 1.54) is 4.88 Å². The van der Waals surface area contributed by atoms with E-state index in [2.05, 4.69) is 14.9 Å². The fraction of sp³-hybridized carbons (Fsp3) is 0.682. The van der Waals surface area contributed by atoms with E-state index in [0.29, 0.717) is 18.3 Å². The van der Waals surface area contributed by atoms with Crippen molar-refractivity contribution < 1.29 is 19.4 Å². The first kappa shape index (κ1) is 21.1. The van der Waals surface area contributed by atoms with Crippen LogP contribution < -0.4 is 10.5 Å². The molecule has 2 atom stereocenters. The number of morpholine rings is 1. The second-order valence-electron chi connectivity index (χ2n) is 8.88. The summed E-state index contributed by atoms with van der Waals surface area (Å²) >= 11 is 1.67. The lowest BCUT2D eigenvalue weighted by Crippen LogP contribution is -2.46. The minimum Gasteiger partial charge on any atom is -0.474 e. The molecule has 1 saturated heterocycles. The number of aliphatic hydroxyl groups excluding tert-OH is 1. The predicted octanol–water partition coefficient (Wildman–Crippen LogP) is 1.98. The molecular formula is C22H30N4O4S. The third-order valence-corrected chi connectivity index (χ3v) is 8.19. The highest BCUT2D eigenvalue weighted by Crippen LogP contribution is 2.47. The zero-order valence-electron chi connectivity index (χ0n) is 17.7. The van der Waals surface area contributed by atoms with Crippen LogP contribution >= 0.6 is 11.3 Å². The molecule has 31 heavy (non-hydrogen) atoms. The number of thiophene rings is 1. The molecule has 0 aromatic carbocycles. The van der Waals surface area contributed by atoms with Gasteiger partial charge in [-0.25, -0.2) is 9.97 Å². The molecule has 5 rings (SSSR count). The van der Waals surface area contributed by atoms with Crippen LogP contribution in [-0.2, 0) is 16.0 Å². The van der Waals surface area contributed by atoms with E-state index in [9.17, 15) is 9.90 Å². The SMILES string of the molecule is NC(=O)[C@H](O)C[C@H]1CCc2sc3ncnc(O[C@H]4CC[C@H](N5CCOCC5)CC4)c3c21. The second-order valence-corrected chi connectivity index (χ2v) is 9.97. The van der Waals surface area contributed by atoms with Gasteiger partial charge < -0.3 is 20.3 Å². The Morgan fingerprint density at radius 3 is 2.77 bits per heavy atom. The number of primary amides is 1. The van der Waals surface area contributed by atoms with Crippen molar-refractivity contribution in [2.24, 2.45) is 5.73 Å². The number of nitrogens with two attached hydrogens (primary N) is 1. The molecule has 2 aromatic rings. The van der Waals surface area contributed by atoms with Crippen molar-refractivity contribution in [3.05, 3.63) is 16.8 Å². The maximum absolute atomic E-state index is 11.4. The molecule has 2 aliphatic carbocycles. The van der Waals surface area contributed by atoms with E-state index in [4.69, 9.17) is 15.2 Å². The summed E-state index contributed by atoms with van der Waals surface area (Å²) in [4.78, 5) is 25.1. The predicted molar refractivity (Wildman–Crippen MR) is 117 cm³/mol. The van der Waals surface area contributed by atoms with Crippen molar-refractivity contribution in [2.45, 2.75) is 69.1 Å². The summed E-state index contributed by atoms with van der Waals surface area (Å²) in [5.74, 6) is 0.0622. The minimum absolute atomic E-state index is 0.0802. The Kier molecular flexibility index (Phi) is 6.10. The topological polar surface area (TPSA) is 111 Å². The van der Waals surface area contributed by atoms with Crippen LogP contribution in [0.5, 0.6) is 5.88 Å². The highest BCUT2D eigenvalue weighted by Gasteiger charge is 2.34. The zero-order chi connectivity index (χ0) is 21.4. The standard InChI is InChI=1S/C22H30N4O4S/c23-20(28)16(27)11-13-1-6-17-18(13)19-21(24-12-25-22(19)31-17)30-15-4-2-14(3-5-15)26-7-9-29-10-8-26/h12-16,27H,1-11H2,(H2,23,28)/t13-,14-,15-,16-/m1/s1. The molecule has 1 aliphatic heterocycles. The zero-order valence-corrected chi connectivity index (χ0v) is 18.5. The van der Waals surface area contributed by atoms with Crippen molar-refractivity contribution in [3.63, 3.8) is 0 Å². The largest absolute Gasteiger partial charge is 0.474 e. The van der Waals surface area contributed by atoms with Gasteiger partial charge in [0.25, 0.3) is 0 Å². The smallest absolute Gasteiger partial charge is 0.246 e. The Balaban J connectivity index is 1.31. The van der Waals surface area contributed by atoms with Crippen LogP contribution in [0.15, 0.2) is 6.33 Å². The molecule has 168 valence electrons. The van der Waals surface area contributed by atoms with Crippen LogP contribution in [0, 0.1) is 0 Å². The third kappa shape index (κ3) is 4.28. The molecule has 3 heterocycles. The van der Waals surface area contributed by atoms with Crippen LogP contribution in [0.3, 0.4) is 0 Å². The molecule has 8 nitrogen and oxygen atoms in total. The maximum atomic E-state index is 11.4. The Bertz CT molecular complexity index is 937. The molecule has 0 unspecified atom stereocenters. The van der Waals surface area contributed by atoms with Crippen molar-refractivity contribution in [1.82, 2.24) is 14.9 Å². The molecule has 0 radical (unpaired) electrons. The van der Waals surface area contributed by atoms with Gasteiger partial charge in [-0.2, -0.15) is 0 Å². The summed E-state index contributed by atoms with van der Waals surface area (Å²) in [6.07, 6.45) is 7.08. The number of rotatable bonds is 6. The van der Waals surface area contributed by atoms with Gasteiger partial charge in [0, 0.05) is 24.0 Å². The van der Waals surface area contributed by atoms with Crippen LogP contribution in [-0.4, -0.2) is 70.4 Å². The number of carbonyl (C=O) groups is 1. The van der Waals surface area contributed by atoms with Gasteiger partial charge in [-0.15, -0.1) is 11.3 Å². The Morgan fingerprint density at radius 1 is 1.26 bits per heavy atom. The van der Waals surface area contributed by atoms with E-state index in [-0.39, 0.29) is 12.0 Å². The lowest BCUT2D eigenvalue weighted by Gasteiger charge is -2.38. The van der Waals surface area contributed by atoms with Crippen molar-refractivity contribution in [3.8, 4) is 5.88 Å². The van der Waals surface area contributed by atoms with Gasteiger partial charge in [-0.1, -0.05) is 0 Å². The number of carbonyl (C=O) groups excluding carboxylic acids is 1. The Hall–Kier alpha value is -1.81. The number of aryl methyl sites for hydroxylation is 1. The summed E-state index contributed by atoms with van der Waals surface area (Å²) in [7, 11) is 0. The molecule has 2 aromatic heterocycles.